The van der Waals surface area contributed by atoms with Gasteiger partial charge in [0.25, 0.3) is 5.91 Å². The number of aromatic carboxylic acids is 1. The smallest absolute Gasteiger partial charge is 0.335 e. The minimum absolute atomic E-state index is 0.175. The van der Waals surface area contributed by atoms with Crippen LogP contribution in [0, 0.1) is 11.3 Å². The van der Waals surface area contributed by atoms with Gasteiger partial charge in [-0.2, -0.15) is 5.26 Å². The third-order valence-corrected chi connectivity index (χ3v) is 5.16. The zero-order chi connectivity index (χ0) is 21.8. The van der Waals surface area contributed by atoms with Crippen molar-refractivity contribution < 1.29 is 14.7 Å². The van der Waals surface area contributed by atoms with Crippen molar-refractivity contribution in [1.82, 2.24) is 10.3 Å². The van der Waals surface area contributed by atoms with E-state index in [4.69, 9.17) is 10.4 Å². The molecule has 0 fully saturated rings. The van der Waals surface area contributed by atoms with E-state index in [9.17, 15) is 9.59 Å². The Bertz CT molecular complexity index is 1310. The van der Waals surface area contributed by atoms with Gasteiger partial charge >= 0.3 is 5.97 Å². The summed E-state index contributed by atoms with van der Waals surface area (Å²) in [6.07, 6.45) is 2.34. The van der Waals surface area contributed by atoms with Crippen molar-refractivity contribution in [3.05, 3.63) is 95.2 Å². The van der Waals surface area contributed by atoms with E-state index in [-0.39, 0.29) is 11.5 Å². The molecule has 0 spiro atoms. The summed E-state index contributed by atoms with van der Waals surface area (Å²) in [4.78, 5) is 26.7. The molecule has 152 valence electrons. The van der Waals surface area contributed by atoms with Gasteiger partial charge in [-0.3, -0.25) is 4.79 Å². The van der Waals surface area contributed by atoms with Gasteiger partial charge in [0.15, 0.2) is 0 Å². The number of carbonyl (C=O) groups excluding carboxylic acids is 1. The zero-order valence-electron chi connectivity index (χ0n) is 16.6. The van der Waals surface area contributed by atoms with Crippen LogP contribution in [0.1, 0.15) is 31.8 Å². The highest BCUT2D eigenvalue weighted by Gasteiger charge is 2.09. The van der Waals surface area contributed by atoms with E-state index in [1.165, 1.54) is 0 Å². The number of carboxylic acid groups (broad SMARTS) is 1. The van der Waals surface area contributed by atoms with Gasteiger partial charge in [0.1, 0.15) is 6.07 Å². The summed E-state index contributed by atoms with van der Waals surface area (Å²) in [5.74, 6) is -1.15. The van der Waals surface area contributed by atoms with E-state index in [0.717, 1.165) is 27.6 Å². The van der Waals surface area contributed by atoms with E-state index in [0.29, 0.717) is 24.1 Å². The summed E-state index contributed by atoms with van der Waals surface area (Å²) < 4.78 is 0. The van der Waals surface area contributed by atoms with Gasteiger partial charge in [0.05, 0.1) is 11.1 Å². The standard InChI is InChI=1S/C25H19N3O3/c26-14-21-15-28-23-9-4-16(12-22(21)23)10-11-27-24(29)18-7-5-17(6-8-18)19-2-1-3-20(13-19)25(30)31/h1-9,12-13,15,28H,10-11H2,(H,27,29)(H,30,31). The lowest BCUT2D eigenvalue weighted by Crippen LogP contribution is -2.25. The molecule has 0 atom stereocenters. The van der Waals surface area contributed by atoms with E-state index in [2.05, 4.69) is 16.4 Å². The molecule has 3 aromatic carbocycles. The van der Waals surface area contributed by atoms with Crippen LogP contribution < -0.4 is 5.32 Å². The number of aromatic amines is 1. The molecule has 4 rings (SSSR count). The van der Waals surface area contributed by atoms with E-state index < -0.39 is 5.97 Å². The van der Waals surface area contributed by atoms with Crippen molar-refractivity contribution in [2.45, 2.75) is 6.42 Å². The summed E-state index contributed by atoms with van der Waals surface area (Å²) in [6, 6.07) is 21.8. The second-order valence-electron chi connectivity index (χ2n) is 7.16. The number of benzene rings is 3. The molecule has 0 bridgehead atoms. The number of hydrogen-bond donors (Lipinski definition) is 3. The Morgan fingerprint density at radius 1 is 0.968 bits per heavy atom. The summed E-state index contributed by atoms with van der Waals surface area (Å²) in [7, 11) is 0. The summed E-state index contributed by atoms with van der Waals surface area (Å²) >= 11 is 0. The predicted octanol–water partition coefficient (Wildman–Crippen LogP) is 4.38. The molecule has 6 heteroatoms. The van der Waals surface area contributed by atoms with E-state index in [1.54, 1.807) is 48.7 Å². The maximum absolute atomic E-state index is 12.5. The third kappa shape index (κ3) is 4.31. The molecule has 1 aromatic heterocycles. The molecule has 31 heavy (non-hydrogen) atoms. The summed E-state index contributed by atoms with van der Waals surface area (Å²) in [5, 5.41) is 22.1. The SMILES string of the molecule is N#Cc1c[nH]c2ccc(CCNC(=O)c3ccc(-c4cccc(C(=O)O)c4)cc3)cc12. The number of aromatic nitrogens is 1. The monoisotopic (exact) mass is 409 g/mol. The van der Waals surface area contributed by atoms with Crippen LogP contribution in [0.5, 0.6) is 0 Å². The maximum atomic E-state index is 12.5. The Balaban J connectivity index is 1.38. The van der Waals surface area contributed by atoms with Crippen molar-refractivity contribution in [3.8, 4) is 17.2 Å². The van der Waals surface area contributed by atoms with Crippen LogP contribution in [0.25, 0.3) is 22.0 Å². The quantitative estimate of drug-likeness (QED) is 0.439. The Hall–Kier alpha value is -4.37. The summed E-state index contributed by atoms with van der Waals surface area (Å²) in [6.45, 7) is 0.471. The number of carbonyl (C=O) groups is 2. The molecular formula is C25H19N3O3. The number of nitriles is 1. The minimum Gasteiger partial charge on any atom is -0.478 e. The predicted molar refractivity (Wildman–Crippen MR) is 118 cm³/mol. The first kappa shape index (κ1) is 19.9. The molecule has 0 unspecified atom stereocenters. The fourth-order valence-electron chi connectivity index (χ4n) is 3.48. The molecule has 0 aliphatic rings. The fourth-order valence-corrected chi connectivity index (χ4v) is 3.48. The summed E-state index contributed by atoms with van der Waals surface area (Å²) in [5.41, 5.74) is 4.94. The topological polar surface area (TPSA) is 106 Å². The average molecular weight is 409 g/mol. The Labute approximate surface area is 178 Å². The lowest BCUT2D eigenvalue weighted by Gasteiger charge is -2.08. The van der Waals surface area contributed by atoms with Crippen LogP contribution in [-0.2, 0) is 6.42 Å². The molecule has 0 radical (unpaired) electrons. The molecule has 0 aliphatic heterocycles. The lowest BCUT2D eigenvalue weighted by molar-refractivity contribution is 0.0696. The fraction of sp³-hybridized carbons (Fsp3) is 0.0800. The van der Waals surface area contributed by atoms with Crippen LogP contribution in [0.2, 0.25) is 0 Å². The van der Waals surface area contributed by atoms with Gasteiger partial charge in [-0.15, -0.1) is 0 Å². The first-order chi connectivity index (χ1) is 15.0. The molecule has 0 aliphatic carbocycles. The minimum atomic E-state index is -0.975. The number of fused-ring (bicyclic) bond motifs is 1. The normalized spacial score (nSPS) is 10.5. The number of nitrogens with zero attached hydrogens (tertiary/aromatic N) is 1. The lowest BCUT2D eigenvalue weighted by atomic mass is 10.0. The molecule has 0 saturated heterocycles. The highest BCUT2D eigenvalue weighted by atomic mass is 16.4. The zero-order valence-corrected chi connectivity index (χ0v) is 16.6. The largest absolute Gasteiger partial charge is 0.478 e. The van der Waals surface area contributed by atoms with Crippen LogP contribution in [-0.4, -0.2) is 28.5 Å². The van der Waals surface area contributed by atoms with Gasteiger partial charge < -0.3 is 15.4 Å². The Morgan fingerprint density at radius 3 is 2.52 bits per heavy atom. The van der Waals surface area contributed by atoms with Crippen molar-refractivity contribution in [2.24, 2.45) is 0 Å². The molecule has 3 N–H and O–H groups in total. The van der Waals surface area contributed by atoms with Crippen molar-refractivity contribution in [3.63, 3.8) is 0 Å². The van der Waals surface area contributed by atoms with Crippen molar-refractivity contribution in [2.75, 3.05) is 6.54 Å². The molecule has 0 saturated carbocycles. The number of rotatable bonds is 6. The molecule has 1 amide bonds. The Morgan fingerprint density at radius 2 is 1.77 bits per heavy atom. The first-order valence-electron chi connectivity index (χ1n) is 9.77. The highest BCUT2D eigenvalue weighted by molar-refractivity contribution is 5.95. The van der Waals surface area contributed by atoms with Crippen LogP contribution >= 0.6 is 0 Å². The van der Waals surface area contributed by atoms with Crippen molar-refractivity contribution >= 4 is 22.8 Å². The molecule has 6 nitrogen and oxygen atoms in total. The number of nitrogens with one attached hydrogen (secondary N) is 2. The molecular weight excluding hydrogens is 390 g/mol. The molecule has 4 aromatic rings. The van der Waals surface area contributed by atoms with Gasteiger partial charge in [-0.1, -0.05) is 30.3 Å². The highest BCUT2D eigenvalue weighted by Crippen LogP contribution is 2.22. The number of H-pyrrole nitrogens is 1. The van der Waals surface area contributed by atoms with Gasteiger partial charge in [0.2, 0.25) is 0 Å². The number of amides is 1. The van der Waals surface area contributed by atoms with Crippen LogP contribution in [0.3, 0.4) is 0 Å². The van der Waals surface area contributed by atoms with Crippen LogP contribution in [0.4, 0.5) is 0 Å². The number of carboxylic acids is 1. The second kappa shape index (κ2) is 8.56. The second-order valence-corrected chi connectivity index (χ2v) is 7.16. The van der Waals surface area contributed by atoms with E-state index in [1.807, 2.05) is 24.3 Å². The van der Waals surface area contributed by atoms with Gasteiger partial charge in [-0.25, -0.2) is 4.79 Å². The Kier molecular flexibility index (Phi) is 5.50. The molecule has 1 heterocycles. The third-order valence-electron chi connectivity index (χ3n) is 5.16. The average Bonchev–Trinajstić information content (AvgIpc) is 3.21. The van der Waals surface area contributed by atoms with Gasteiger partial charge in [-0.05, 0) is 59.5 Å². The maximum Gasteiger partial charge on any atom is 0.335 e. The van der Waals surface area contributed by atoms with E-state index >= 15 is 0 Å². The van der Waals surface area contributed by atoms with Crippen LogP contribution in [0.15, 0.2) is 72.9 Å². The first-order valence-corrected chi connectivity index (χ1v) is 9.77. The van der Waals surface area contributed by atoms with Gasteiger partial charge in [0, 0.05) is 29.2 Å². The number of hydrogen-bond acceptors (Lipinski definition) is 3. The van der Waals surface area contributed by atoms with Crippen molar-refractivity contribution in [1.29, 1.82) is 5.26 Å².